The van der Waals surface area contributed by atoms with Crippen LogP contribution in [0, 0.1) is 11.3 Å². The van der Waals surface area contributed by atoms with Crippen LogP contribution in [0.4, 0.5) is 0 Å². The van der Waals surface area contributed by atoms with Gasteiger partial charge in [0.25, 0.3) is 0 Å². The number of benzene rings is 2. The van der Waals surface area contributed by atoms with Gasteiger partial charge in [0.15, 0.2) is 0 Å². The molecule has 0 saturated heterocycles. The molecule has 1 N–H and O–H groups in total. The van der Waals surface area contributed by atoms with Gasteiger partial charge in [-0.3, -0.25) is 0 Å². The Morgan fingerprint density at radius 3 is 2.11 bits per heavy atom. The fourth-order valence-corrected chi connectivity index (χ4v) is 5.24. The highest BCUT2D eigenvalue weighted by molar-refractivity contribution is 6.12. The van der Waals surface area contributed by atoms with E-state index in [1.807, 2.05) is 0 Å². The Balaban J connectivity index is 1.93. The maximum absolute atomic E-state index is 9.21. The highest BCUT2D eigenvalue weighted by Gasteiger charge is 2.31. The van der Waals surface area contributed by atoms with Crippen molar-refractivity contribution in [2.75, 3.05) is 0 Å². The topological polar surface area (TPSA) is 23.9 Å². The van der Waals surface area contributed by atoms with Gasteiger partial charge >= 0.3 is 0 Å². The molecule has 0 spiro atoms. The second-order valence-corrected chi connectivity index (χ2v) is 8.55. The fraction of sp³-hybridized carbons (Fsp3) is 0.423. The number of nitrogens with one attached hydrogen (secondary N) is 1. The van der Waals surface area contributed by atoms with Gasteiger partial charge in [0.1, 0.15) is 0 Å². The molecule has 1 fully saturated rings. The van der Waals surface area contributed by atoms with Crippen molar-refractivity contribution in [1.82, 2.24) is 0 Å². The largest absolute Gasteiger partial charge is 0.304 e. The SMILES string of the molecule is CC1=C(C)C(c2ccc3ccccc3c2C(=N)C2CCCCC2)C(C)=C1C. The molecule has 0 heterocycles. The molecule has 1 nitrogen and oxygen atoms in total. The standard InChI is InChI=1S/C26H31N/c1-16-17(2)19(4)24(18(16)3)23-15-14-20-10-8-9-13-22(20)25(23)26(27)21-11-6-5-7-12-21/h8-10,13-15,21,24,27H,5-7,11-12H2,1-4H3. The maximum atomic E-state index is 9.21. The summed E-state index contributed by atoms with van der Waals surface area (Å²) in [5, 5.41) is 11.7. The smallest absolute Gasteiger partial charge is 0.0426 e. The van der Waals surface area contributed by atoms with Crippen LogP contribution >= 0.6 is 0 Å². The number of hydrogen-bond acceptors (Lipinski definition) is 1. The summed E-state index contributed by atoms with van der Waals surface area (Å²) in [5.74, 6) is 0.744. The first-order chi connectivity index (χ1) is 13.0. The third-order valence-corrected chi connectivity index (χ3v) is 7.17. The van der Waals surface area contributed by atoms with Crippen molar-refractivity contribution < 1.29 is 0 Å². The van der Waals surface area contributed by atoms with Crippen LogP contribution in [0.3, 0.4) is 0 Å². The summed E-state index contributed by atoms with van der Waals surface area (Å²) in [4.78, 5) is 0. The molecule has 0 atom stereocenters. The molecule has 2 aliphatic carbocycles. The first-order valence-corrected chi connectivity index (χ1v) is 10.5. The lowest BCUT2D eigenvalue weighted by atomic mass is 9.77. The normalized spacial score (nSPS) is 19.4. The van der Waals surface area contributed by atoms with E-state index < -0.39 is 0 Å². The van der Waals surface area contributed by atoms with E-state index in [-0.39, 0.29) is 0 Å². The highest BCUT2D eigenvalue weighted by atomic mass is 14.5. The van der Waals surface area contributed by atoms with Gasteiger partial charge in [-0.25, -0.2) is 0 Å². The average Bonchev–Trinajstić information content (AvgIpc) is 2.90. The summed E-state index contributed by atoms with van der Waals surface area (Å²) in [6, 6.07) is 13.2. The first kappa shape index (κ1) is 18.2. The van der Waals surface area contributed by atoms with E-state index in [0.29, 0.717) is 11.8 Å². The number of fused-ring (bicyclic) bond motifs is 1. The summed E-state index contributed by atoms with van der Waals surface area (Å²) in [7, 11) is 0. The molecule has 0 unspecified atom stereocenters. The Hall–Kier alpha value is -2.15. The molecule has 1 heteroatoms. The van der Waals surface area contributed by atoms with Gasteiger partial charge in [0, 0.05) is 23.1 Å². The summed E-state index contributed by atoms with van der Waals surface area (Å²) in [6.07, 6.45) is 6.22. The van der Waals surface area contributed by atoms with E-state index in [1.165, 1.54) is 76.3 Å². The molecule has 0 amide bonds. The predicted octanol–water partition coefficient (Wildman–Crippen LogP) is 7.56. The van der Waals surface area contributed by atoms with Crippen molar-refractivity contribution in [3.05, 3.63) is 69.8 Å². The van der Waals surface area contributed by atoms with Crippen LogP contribution < -0.4 is 0 Å². The van der Waals surface area contributed by atoms with Crippen LogP contribution in [0.15, 0.2) is 58.7 Å². The number of hydrogen-bond donors (Lipinski definition) is 1. The Morgan fingerprint density at radius 1 is 0.815 bits per heavy atom. The van der Waals surface area contributed by atoms with E-state index >= 15 is 0 Å². The van der Waals surface area contributed by atoms with Crippen LogP contribution in [-0.2, 0) is 0 Å². The molecule has 0 aliphatic heterocycles. The van der Waals surface area contributed by atoms with Crippen LogP contribution in [0.2, 0.25) is 0 Å². The van der Waals surface area contributed by atoms with Crippen molar-refractivity contribution in [2.24, 2.45) is 5.92 Å². The zero-order chi connectivity index (χ0) is 19.1. The average molecular weight is 358 g/mol. The minimum Gasteiger partial charge on any atom is -0.304 e. The van der Waals surface area contributed by atoms with E-state index in [9.17, 15) is 5.41 Å². The van der Waals surface area contributed by atoms with Gasteiger partial charge in [-0.1, -0.05) is 66.8 Å². The Kier molecular flexibility index (Phi) is 4.80. The fourth-order valence-electron chi connectivity index (χ4n) is 5.24. The van der Waals surface area contributed by atoms with E-state index in [2.05, 4.69) is 64.1 Å². The molecular weight excluding hydrogens is 326 g/mol. The second-order valence-electron chi connectivity index (χ2n) is 8.55. The minimum absolute atomic E-state index is 0.327. The van der Waals surface area contributed by atoms with Gasteiger partial charge in [-0.05, 0) is 68.0 Å². The number of rotatable bonds is 3. The third kappa shape index (κ3) is 2.98. The third-order valence-electron chi connectivity index (χ3n) is 7.17. The predicted molar refractivity (Wildman–Crippen MR) is 117 cm³/mol. The summed E-state index contributed by atoms with van der Waals surface area (Å²) in [5.41, 5.74) is 9.21. The van der Waals surface area contributed by atoms with Crippen LogP contribution in [0.1, 0.15) is 76.8 Å². The van der Waals surface area contributed by atoms with E-state index in [1.54, 1.807) is 0 Å². The Labute approximate surface area is 163 Å². The minimum atomic E-state index is 0.327. The second kappa shape index (κ2) is 7.11. The lowest BCUT2D eigenvalue weighted by Gasteiger charge is -2.27. The zero-order valence-electron chi connectivity index (χ0n) is 17.2. The molecule has 4 rings (SSSR count). The molecular formula is C26H31N. The number of allylic oxidation sites excluding steroid dienone is 4. The van der Waals surface area contributed by atoms with Gasteiger partial charge in [-0.15, -0.1) is 0 Å². The first-order valence-electron chi connectivity index (χ1n) is 10.5. The van der Waals surface area contributed by atoms with E-state index in [4.69, 9.17) is 0 Å². The van der Waals surface area contributed by atoms with Crippen molar-refractivity contribution in [2.45, 2.75) is 65.7 Å². The molecule has 2 aromatic rings. The van der Waals surface area contributed by atoms with Gasteiger partial charge < -0.3 is 5.41 Å². The zero-order valence-corrected chi connectivity index (χ0v) is 17.2. The molecule has 1 saturated carbocycles. The maximum Gasteiger partial charge on any atom is 0.0426 e. The molecule has 0 bridgehead atoms. The molecule has 2 aromatic carbocycles. The van der Waals surface area contributed by atoms with Crippen LogP contribution in [0.5, 0.6) is 0 Å². The highest BCUT2D eigenvalue weighted by Crippen LogP contribution is 2.46. The van der Waals surface area contributed by atoms with E-state index in [0.717, 1.165) is 5.71 Å². The Morgan fingerprint density at radius 2 is 1.44 bits per heavy atom. The van der Waals surface area contributed by atoms with Gasteiger partial charge in [0.2, 0.25) is 0 Å². The lowest BCUT2D eigenvalue weighted by molar-refractivity contribution is 0.438. The van der Waals surface area contributed by atoms with Crippen molar-refractivity contribution >= 4 is 16.5 Å². The molecule has 2 aliphatic rings. The molecule has 0 radical (unpaired) electrons. The molecule has 140 valence electrons. The van der Waals surface area contributed by atoms with Crippen molar-refractivity contribution in [1.29, 1.82) is 5.41 Å². The lowest BCUT2D eigenvalue weighted by Crippen LogP contribution is -2.21. The summed E-state index contributed by atoms with van der Waals surface area (Å²) in [6.45, 7) is 9.06. The van der Waals surface area contributed by atoms with Crippen LogP contribution in [0.25, 0.3) is 10.8 Å². The summed E-state index contributed by atoms with van der Waals surface area (Å²) < 4.78 is 0. The summed E-state index contributed by atoms with van der Waals surface area (Å²) >= 11 is 0. The van der Waals surface area contributed by atoms with Crippen LogP contribution in [-0.4, -0.2) is 5.71 Å². The van der Waals surface area contributed by atoms with Gasteiger partial charge in [-0.2, -0.15) is 0 Å². The quantitative estimate of drug-likeness (QED) is 0.548. The van der Waals surface area contributed by atoms with Gasteiger partial charge in [0.05, 0.1) is 0 Å². The molecule has 0 aromatic heterocycles. The monoisotopic (exact) mass is 357 g/mol. The van der Waals surface area contributed by atoms with Crippen molar-refractivity contribution in [3.8, 4) is 0 Å². The molecule has 27 heavy (non-hydrogen) atoms. The Bertz CT molecular complexity index is 943. The van der Waals surface area contributed by atoms with Crippen molar-refractivity contribution in [3.63, 3.8) is 0 Å².